The molecule has 1 unspecified atom stereocenters. The van der Waals surface area contributed by atoms with Crippen molar-refractivity contribution >= 4 is 17.2 Å². The van der Waals surface area contributed by atoms with E-state index in [-0.39, 0.29) is 11.6 Å². The molecule has 0 spiro atoms. The van der Waals surface area contributed by atoms with Gasteiger partial charge in [-0.15, -0.1) is 11.3 Å². The van der Waals surface area contributed by atoms with Crippen molar-refractivity contribution in [3.8, 4) is 0 Å². The van der Waals surface area contributed by atoms with E-state index in [0.717, 1.165) is 10.9 Å². The molecule has 1 aromatic heterocycles. The number of hydrogen-bond acceptors (Lipinski definition) is 2. The van der Waals surface area contributed by atoms with Gasteiger partial charge in [-0.1, -0.05) is 6.07 Å². The van der Waals surface area contributed by atoms with Crippen LogP contribution in [0.25, 0.3) is 0 Å². The molecule has 7 heteroatoms. The van der Waals surface area contributed by atoms with Crippen LogP contribution in [0.1, 0.15) is 27.7 Å². The molecular weight excluding hydrogens is 318 g/mol. The van der Waals surface area contributed by atoms with Crippen LogP contribution in [-0.2, 0) is 12.6 Å². The Morgan fingerprint density at radius 1 is 1.32 bits per heavy atom. The van der Waals surface area contributed by atoms with Gasteiger partial charge < -0.3 is 5.32 Å². The minimum Gasteiger partial charge on any atom is -0.349 e. The van der Waals surface area contributed by atoms with Crippen LogP contribution in [0.15, 0.2) is 35.7 Å². The zero-order valence-electron chi connectivity index (χ0n) is 11.6. The third-order valence-corrected chi connectivity index (χ3v) is 3.85. The highest BCUT2D eigenvalue weighted by Crippen LogP contribution is 2.30. The first-order chi connectivity index (χ1) is 10.3. The largest absolute Gasteiger partial charge is 0.416 e. The highest BCUT2D eigenvalue weighted by Gasteiger charge is 2.32. The standard InChI is InChI=1S/C15H13F4NOS/c1-9(5-13-3-2-4-22-13)20-14(21)10-6-11(15(17,18)19)8-12(16)7-10/h2-4,6-9H,5H2,1H3,(H,20,21). The molecule has 2 nitrogen and oxygen atoms in total. The second-order valence-electron chi connectivity index (χ2n) is 4.88. The van der Waals surface area contributed by atoms with Crippen molar-refractivity contribution in [2.45, 2.75) is 25.6 Å². The first-order valence-electron chi connectivity index (χ1n) is 6.47. The number of hydrogen-bond donors (Lipinski definition) is 1. The van der Waals surface area contributed by atoms with Gasteiger partial charge in [-0.2, -0.15) is 13.2 Å². The summed E-state index contributed by atoms with van der Waals surface area (Å²) >= 11 is 1.52. The van der Waals surface area contributed by atoms with Gasteiger partial charge in [0.25, 0.3) is 5.91 Å². The number of amides is 1. The van der Waals surface area contributed by atoms with Crippen molar-refractivity contribution in [1.82, 2.24) is 5.32 Å². The molecule has 0 radical (unpaired) electrons. The topological polar surface area (TPSA) is 29.1 Å². The van der Waals surface area contributed by atoms with E-state index in [1.54, 1.807) is 6.92 Å². The van der Waals surface area contributed by atoms with E-state index in [2.05, 4.69) is 5.32 Å². The van der Waals surface area contributed by atoms with E-state index in [0.29, 0.717) is 18.6 Å². The maximum atomic E-state index is 13.3. The summed E-state index contributed by atoms with van der Waals surface area (Å²) in [4.78, 5) is 13.0. The molecule has 1 N–H and O–H groups in total. The van der Waals surface area contributed by atoms with E-state index in [4.69, 9.17) is 0 Å². The molecule has 118 valence electrons. The molecule has 0 aliphatic rings. The summed E-state index contributed by atoms with van der Waals surface area (Å²) in [5.41, 5.74) is -1.52. The van der Waals surface area contributed by atoms with Crippen molar-refractivity contribution < 1.29 is 22.4 Å². The molecule has 2 aromatic rings. The first-order valence-corrected chi connectivity index (χ1v) is 7.34. The lowest BCUT2D eigenvalue weighted by molar-refractivity contribution is -0.137. The Morgan fingerprint density at radius 2 is 2.05 bits per heavy atom. The molecule has 0 fully saturated rings. The Bertz CT molecular complexity index is 652. The summed E-state index contributed by atoms with van der Waals surface area (Å²) in [5.74, 6) is -1.82. The summed E-state index contributed by atoms with van der Waals surface area (Å²) < 4.78 is 51.2. The normalized spacial score (nSPS) is 13.0. The highest BCUT2D eigenvalue weighted by atomic mass is 32.1. The number of thiophene rings is 1. The number of benzene rings is 1. The van der Waals surface area contributed by atoms with Crippen molar-refractivity contribution in [1.29, 1.82) is 0 Å². The van der Waals surface area contributed by atoms with Crippen LogP contribution in [0.4, 0.5) is 17.6 Å². The second kappa shape index (κ2) is 6.48. The van der Waals surface area contributed by atoms with E-state index < -0.39 is 23.5 Å². The predicted molar refractivity (Wildman–Crippen MR) is 76.4 cm³/mol. The van der Waals surface area contributed by atoms with Crippen LogP contribution in [0.5, 0.6) is 0 Å². The van der Waals surface area contributed by atoms with Gasteiger partial charge in [0.1, 0.15) is 5.82 Å². The average Bonchev–Trinajstić information content (AvgIpc) is 2.89. The highest BCUT2D eigenvalue weighted by molar-refractivity contribution is 7.09. The molecule has 0 saturated carbocycles. The van der Waals surface area contributed by atoms with Crippen molar-refractivity contribution in [2.24, 2.45) is 0 Å². The molecule has 0 aliphatic carbocycles. The van der Waals surface area contributed by atoms with Crippen molar-refractivity contribution in [3.63, 3.8) is 0 Å². The van der Waals surface area contributed by atoms with Gasteiger partial charge in [-0.05, 0) is 36.6 Å². The lowest BCUT2D eigenvalue weighted by Crippen LogP contribution is -2.34. The van der Waals surface area contributed by atoms with Crippen LogP contribution >= 0.6 is 11.3 Å². The molecule has 0 bridgehead atoms. The minimum absolute atomic E-state index is 0.274. The average molecular weight is 331 g/mol. The van der Waals surface area contributed by atoms with Gasteiger partial charge in [-0.3, -0.25) is 4.79 Å². The maximum Gasteiger partial charge on any atom is 0.416 e. The van der Waals surface area contributed by atoms with Crippen LogP contribution in [0.2, 0.25) is 0 Å². The smallest absolute Gasteiger partial charge is 0.349 e. The molecule has 1 amide bonds. The summed E-state index contributed by atoms with van der Waals surface area (Å²) in [5, 5.41) is 4.47. The number of halogens is 4. The fraction of sp³-hybridized carbons (Fsp3) is 0.267. The van der Waals surface area contributed by atoms with Gasteiger partial charge >= 0.3 is 6.18 Å². The van der Waals surface area contributed by atoms with E-state index >= 15 is 0 Å². The summed E-state index contributed by atoms with van der Waals surface area (Å²) in [7, 11) is 0. The number of carbonyl (C=O) groups excluding carboxylic acids is 1. The minimum atomic E-state index is -4.69. The monoisotopic (exact) mass is 331 g/mol. The molecule has 22 heavy (non-hydrogen) atoms. The SMILES string of the molecule is CC(Cc1cccs1)NC(=O)c1cc(F)cc(C(F)(F)F)c1. The molecule has 1 atom stereocenters. The third kappa shape index (κ3) is 4.30. The Kier molecular flexibility index (Phi) is 4.85. The number of rotatable bonds is 4. The van der Waals surface area contributed by atoms with Crippen molar-refractivity contribution in [2.75, 3.05) is 0 Å². The Balaban J connectivity index is 2.10. The third-order valence-electron chi connectivity index (χ3n) is 2.95. The number of alkyl halides is 3. The zero-order valence-corrected chi connectivity index (χ0v) is 12.4. The Morgan fingerprint density at radius 3 is 2.64 bits per heavy atom. The quantitative estimate of drug-likeness (QED) is 0.833. The number of nitrogens with one attached hydrogen (secondary N) is 1. The van der Waals surface area contributed by atoms with E-state index in [9.17, 15) is 22.4 Å². The second-order valence-corrected chi connectivity index (χ2v) is 5.92. The molecule has 2 rings (SSSR count). The first kappa shape index (κ1) is 16.5. The van der Waals surface area contributed by atoms with Crippen LogP contribution in [-0.4, -0.2) is 11.9 Å². The van der Waals surface area contributed by atoms with Gasteiger partial charge in [0.15, 0.2) is 0 Å². The van der Waals surface area contributed by atoms with E-state index in [1.165, 1.54) is 11.3 Å². The van der Waals surface area contributed by atoms with Gasteiger partial charge in [-0.25, -0.2) is 4.39 Å². The maximum absolute atomic E-state index is 13.3. The van der Waals surface area contributed by atoms with Gasteiger partial charge in [0, 0.05) is 22.9 Å². The molecule has 1 heterocycles. The van der Waals surface area contributed by atoms with Crippen molar-refractivity contribution in [3.05, 3.63) is 57.5 Å². The Labute approximate surface area is 128 Å². The summed E-state index contributed by atoms with van der Waals surface area (Å²) in [6, 6.07) is 5.31. The van der Waals surface area contributed by atoms with Crippen LogP contribution in [0.3, 0.4) is 0 Å². The lowest BCUT2D eigenvalue weighted by Gasteiger charge is -2.14. The zero-order chi connectivity index (χ0) is 16.3. The summed E-state index contributed by atoms with van der Waals surface area (Å²) in [6.45, 7) is 1.74. The lowest BCUT2D eigenvalue weighted by atomic mass is 10.1. The summed E-state index contributed by atoms with van der Waals surface area (Å²) in [6.07, 6.45) is -4.13. The Hall–Kier alpha value is -1.89. The number of carbonyl (C=O) groups is 1. The van der Waals surface area contributed by atoms with Gasteiger partial charge in [0.05, 0.1) is 5.56 Å². The molecule has 0 aliphatic heterocycles. The van der Waals surface area contributed by atoms with Crippen LogP contribution < -0.4 is 5.32 Å². The molecule has 0 saturated heterocycles. The fourth-order valence-corrected chi connectivity index (χ4v) is 2.81. The van der Waals surface area contributed by atoms with Gasteiger partial charge in [0.2, 0.25) is 0 Å². The predicted octanol–water partition coefficient (Wildman–Crippen LogP) is 4.27. The molecular formula is C15H13F4NOS. The van der Waals surface area contributed by atoms with E-state index in [1.807, 2.05) is 17.5 Å². The van der Waals surface area contributed by atoms with Crippen LogP contribution in [0, 0.1) is 5.82 Å². The molecule has 1 aromatic carbocycles. The fourth-order valence-electron chi connectivity index (χ4n) is 1.97.